The Bertz CT molecular complexity index is 772. The second kappa shape index (κ2) is 6.37. The van der Waals surface area contributed by atoms with Gasteiger partial charge >= 0.3 is 0 Å². The Morgan fingerprint density at radius 1 is 1.04 bits per heavy atom. The topological polar surface area (TPSA) is 75.3 Å². The summed E-state index contributed by atoms with van der Waals surface area (Å²) in [6, 6.07) is 3.91. The van der Waals surface area contributed by atoms with Crippen molar-refractivity contribution < 1.29 is 32.9 Å². The van der Waals surface area contributed by atoms with E-state index in [0.29, 0.717) is 5.69 Å². The van der Waals surface area contributed by atoms with Gasteiger partial charge < -0.3 is 29.0 Å². The molecule has 0 bridgehead atoms. The van der Waals surface area contributed by atoms with Crippen molar-refractivity contribution in [2.45, 2.75) is 70.0 Å². The average Bonchev–Trinajstić information content (AvgIpc) is 3.04. The maximum absolute atomic E-state index is 13.3. The number of hydrogen-bond donors (Lipinski definition) is 1. The second-order valence-electron chi connectivity index (χ2n) is 7.71. The summed E-state index contributed by atoms with van der Waals surface area (Å²) in [4.78, 5) is 12.9. The Kier molecular flexibility index (Phi) is 4.49. The van der Waals surface area contributed by atoms with Crippen LogP contribution >= 0.6 is 11.6 Å². The molecule has 0 spiro atoms. The molecular weight excluding hydrogens is 381 g/mol. The molecule has 27 heavy (non-hydrogen) atoms. The van der Waals surface area contributed by atoms with E-state index in [1.807, 2.05) is 0 Å². The minimum atomic E-state index is -1.00. The van der Waals surface area contributed by atoms with E-state index in [4.69, 9.17) is 35.3 Å². The van der Waals surface area contributed by atoms with Crippen LogP contribution in [0.25, 0.3) is 0 Å². The zero-order valence-electron chi connectivity index (χ0n) is 15.3. The zero-order chi connectivity index (χ0) is 19.6. The number of benzene rings is 1. The minimum absolute atomic E-state index is 0.0915. The third kappa shape index (κ3) is 3.57. The molecule has 9 heteroatoms. The van der Waals surface area contributed by atoms with E-state index in [9.17, 15) is 9.18 Å². The molecule has 148 valence electrons. The molecule has 3 fully saturated rings. The minimum Gasteiger partial charge on any atom is -0.342 e. The van der Waals surface area contributed by atoms with Gasteiger partial charge in [0.25, 0.3) is 5.91 Å². The molecule has 3 heterocycles. The van der Waals surface area contributed by atoms with Gasteiger partial charge in [0.05, 0.1) is 5.02 Å². The monoisotopic (exact) mass is 401 g/mol. The Morgan fingerprint density at radius 3 is 2.37 bits per heavy atom. The Hall–Kier alpha value is -1.29. The molecule has 5 atom stereocenters. The Labute approximate surface area is 161 Å². The number of fused-ring (bicyclic) bond motifs is 3. The highest BCUT2D eigenvalue weighted by molar-refractivity contribution is 6.31. The van der Waals surface area contributed by atoms with Crippen LogP contribution in [0.5, 0.6) is 0 Å². The summed E-state index contributed by atoms with van der Waals surface area (Å²) in [6.45, 7) is 7.05. The lowest BCUT2D eigenvalue weighted by Crippen LogP contribution is -2.58. The molecule has 3 aliphatic rings. The first-order chi connectivity index (χ1) is 12.5. The Balaban J connectivity index is 1.57. The van der Waals surface area contributed by atoms with Gasteiger partial charge in [0.1, 0.15) is 24.1 Å². The van der Waals surface area contributed by atoms with Crippen LogP contribution in [0.2, 0.25) is 5.02 Å². The summed E-state index contributed by atoms with van der Waals surface area (Å²) in [5.41, 5.74) is 0.343. The van der Waals surface area contributed by atoms with Crippen molar-refractivity contribution in [2.75, 3.05) is 5.32 Å². The molecule has 1 aromatic carbocycles. The highest BCUT2D eigenvalue weighted by Gasteiger charge is 2.62. The standard InChI is InChI=1S/C18H21ClFNO6/c1-17(2)24-11-12(25-17)14-16(27-18(3,4)26-14)23-13(11)15(22)21-8-5-6-10(20)9(19)7-8/h5-7,11-14,16H,1-4H3,(H,21,22)/t11-,12+,13-,14-,16-/m0/s1. The van der Waals surface area contributed by atoms with E-state index in [2.05, 4.69) is 5.32 Å². The summed E-state index contributed by atoms with van der Waals surface area (Å²) in [6.07, 6.45) is -3.51. The van der Waals surface area contributed by atoms with E-state index in [0.717, 1.165) is 0 Å². The van der Waals surface area contributed by atoms with Crippen LogP contribution in [-0.2, 0) is 28.5 Å². The zero-order valence-corrected chi connectivity index (χ0v) is 16.1. The predicted octanol–water partition coefficient (Wildman–Crippen LogP) is 2.81. The van der Waals surface area contributed by atoms with Crippen LogP contribution < -0.4 is 5.32 Å². The Morgan fingerprint density at radius 2 is 1.67 bits per heavy atom. The first-order valence-corrected chi connectivity index (χ1v) is 9.05. The summed E-state index contributed by atoms with van der Waals surface area (Å²) in [7, 11) is 0. The van der Waals surface area contributed by atoms with E-state index in [1.54, 1.807) is 27.7 Å². The molecule has 3 saturated heterocycles. The SMILES string of the molecule is CC1(C)O[C@@H]2O[C@H](C(=O)Nc3ccc(F)c(Cl)c3)[C@H]3OC(C)(C)O[C@H]3[C@@H]2O1. The summed E-state index contributed by atoms with van der Waals surface area (Å²) < 4.78 is 42.7. The predicted molar refractivity (Wildman–Crippen MR) is 92.6 cm³/mol. The van der Waals surface area contributed by atoms with Gasteiger partial charge in [0.15, 0.2) is 24.0 Å². The van der Waals surface area contributed by atoms with Gasteiger partial charge in [-0.25, -0.2) is 4.39 Å². The maximum Gasteiger partial charge on any atom is 0.256 e. The normalized spacial score (nSPS) is 36.1. The van der Waals surface area contributed by atoms with Gasteiger partial charge in [-0.05, 0) is 45.9 Å². The number of hydrogen-bond acceptors (Lipinski definition) is 6. The average molecular weight is 402 g/mol. The van der Waals surface area contributed by atoms with Gasteiger partial charge in [0.2, 0.25) is 0 Å². The lowest BCUT2D eigenvalue weighted by Gasteiger charge is -2.36. The molecule has 1 N–H and O–H groups in total. The number of halogens is 2. The van der Waals surface area contributed by atoms with Gasteiger partial charge in [-0.3, -0.25) is 4.79 Å². The van der Waals surface area contributed by atoms with Crippen LogP contribution in [-0.4, -0.2) is 48.2 Å². The smallest absolute Gasteiger partial charge is 0.256 e. The highest BCUT2D eigenvalue weighted by atomic mass is 35.5. The first kappa shape index (κ1) is 19.0. The number of nitrogens with one attached hydrogen (secondary N) is 1. The van der Waals surface area contributed by atoms with Gasteiger partial charge in [-0.15, -0.1) is 0 Å². The largest absolute Gasteiger partial charge is 0.342 e. The summed E-state index contributed by atoms with van der Waals surface area (Å²) in [5, 5.41) is 2.58. The fourth-order valence-electron chi connectivity index (χ4n) is 3.61. The van der Waals surface area contributed by atoms with Gasteiger partial charge in [0, 0.05) is 5.69 Å². The van der Waals surface area contributed by atoms with Crippen LogP contribution in [0.3, 0.4) is 0 Å². The molecule has 0 aliphatic carbocycles. The van der Waals surface area contributed by atoms with E-state index in [-0.39, 0.29) is 5.02 Å². The number of ether oxygens (including phenoxy) is 5. The molecule has 0 unspecified atom stereocenters. The first-order valence-electron chi connectivity index (χ1n) is 8.67. The van der Waals surface area contributed by atoms with Crippen molar-refractivity contribution in [3.8, 4) is 0 Å². The number of anilines is 1. The molecular formula is C18H21ClFNO6. The van der Waals surface area contributed by atoms with Gasteiger partial charge in [-0.2, -0.15) is 0 Å². The molecule has 3 aliphatic heterocycles. The fraction of sp³-hybridized carbons (Fsp3) is 0.611. The van der Waals surface area contributed by atoms with Crippen molar-refractivity contribution in [3.63, 3.8) is 0 Å². The number of rotatable bonds is 2. The van der Waals surface area contributed by atoms with Crippen LogP contribution in [0.4, 0.5) is 10.1 Å². The molecule has 4 rings (SSSR count). The third-order valence-electron chi connectivity index (χ3n) is 4.60. The highest BCUT2D eigenvalue weighted by Crippen LogP contribution is 2.44. The van der Waals surface area contributed by atoms with Crippen molar-refractivity contribution in [1.29, 1.82) is 0 Å². The van der Waals surface area contributed by atoms with Crippen molar-refractivity contribution >= 4 is 23.2 Å². The summed E-state index contributed by atoms with van der Waals surface area (Å²) >= 11 is 5.78. The number of carbonyl (C=O) groups is 1. The van der Waals surface area contributed by atoms with Crippen LogP contribution in [0, 0.1) is 5.82 Å². The lowest BCUT2D eigenvalue weighted by atomic mass is 9.98. The second-order valence-corrected chi connectivity index (χ2v) is 8.12. The molecule has 0 aromatic heterocycles. The maximum atomic E-state index is 13.3. The number of carbonyl (C=O) groups excluding carboxylic acids is 1. The molecule has 1 amide bonds. The van der Waals surface area contributed by atoms with E-state index in [1.165, 1.54) is 18.2 Å². The van der Waals surface area contributed by atoms with Crippen LogP contribution in [0.15, 0.2) is 18.2 Å². The lowest BCUT2D eigenvalue weighted by molar-refractivity contribution is -0.229. The number of amides is 1. The summed E-state index contributed by atoms with van der Waals surface area (Å²) in [5.74, 6) is -2.81. The van der Waals surface area contributed by atoms with Crippen molar-refractivity contribution in [3.05, 3.63) is 29.0 Å². The quantitative estimate of drug-likeness (QED) is 0.821. The van der Waals surface area contributed by atoms with E-state index < -0.39 is 54.0 Å². The molecule has 0 radical (unpaired) electrons. The van der Waals surface area contributed by atoms with Gasteiger partial charge in [-0.1, -0.05) is 11.6 Å². The molecule has 0 saturated carbocycles. The van der Waals surface area contributed by atoms with Crippen molar-refractivity contribution in [1.82, 2.24) is 0 Å². The molecule has 7 nitrogen and oxygen atoms in total. The molecule has 1 aromatic rings. The van der Waals surface area contributed by atoms with Crippen molar-refractivity contribution in [2.24, 2.45) is 0 Å². The third-order valence-corrected chi connectivity index (χ3v) is 4.89. The fourth-order valence-corrected chi connectivity index (χ4v) is 3.79. The van der Waals surface area contributed by atoms with Crippen LogP contribution in [0.1, 0.15) is 27.7 Å². The van der Waals surface area contributed by atoms with E-state index >= 15 is 0 Å².